The first kappa shape index (κ1) is 15.0. The number of amides is 1. The van der Waals surface area contributed by atoms with Gasteiger partial charge in [0.25, 0.3) is 0 Å². The van der Waals surface area contributed by atoms with Gasteiger partial charge in [-0.05, 0) is 12.1 Å². The average Bonchev–Trinajstić information content (AvgIpc) is 3.02. The molecule has 0 aliphatic carbocycles. The Balaban J connectivity index is 1.65. The first-order chi connectivity index (χ1) is 10.9. The third kappa shape index (κ3) is 3.83. The van der Waals surface area contributed by atoms with E-state index in [-0.39, 0.29) is 12.4 Å². The van der Waals surface area contributed by atoms with Crippen LogP contribution in [0, 0.1) is 0 Å². The molecule has 3 rings (SSSR count). The molecule has 2 heterocycles. The molecule has 10 nitrogen and oxygen atoms in total. The molecule has 1 amide bonds. The zero-order chi connectivity index (χ0) is 16.4. The number of anilines is 2. The first-order valence-corrected chi connectivity index (χ1v) is 8.41. The van der Waals surface area contributed by atoms with Gasteiger partial charge in [-0.1, -0.05) is 12.1 Å². The summed E-state index contributed by atoms with van der Waals surface area (Å²) in [5, 5.41) is 10.2. The number of H-pyrrole nitrogens is 1. The van der Waals surface area contributed by atoms with E-state index in [0.717, 1.165) is 22.1 Å². The van der Waals surface area contributed by atoms with Crippen LogP contribution in [0.15, 0.2) is 30.5 Å². The summed E-state index contributed by atoms with van der Waals surface area (Å²) in [6, 6.07) is 7.37. The molecule has 0 saturated carbocycles. The largest absolute Gasteiger partial charge is 0.324 e. The van der Waals surface area contributed by atoms with Gasteiger partial charge in [-0.3, -0.25) is 14.8 Å². The molecular formula is C12H13N7O3S. The van der Waals surface area contributed by atoms with Crippen LogP contribution in [0.3, 0.4) is 0 Å². The fourth-order valence-corrected chi connectivity index (χ4v) is 2.40. The molecule has 3 aromatic rings. The molecule has 23 heavy (non-hydrogen) atoms. The van der Waals surface area contributed by atoms with Crippen LogP contribution in [0.4, 0.5) is 11.8 Å². The van der Waals surface area contributed by atoms with Gasteiger partial charge in [-0.2, -0.15) is 9.90 Å². The highest BCUT2D eigenvalue weighted by Gasteiger charge is 2.11. The number of aromatic amines is 1. The lowest BCUT2D eigenvalue weighted by molar-refractivity contribution is -0.117. The second kappa shape index (κ2) is 5.68. The number of aromatic nitrogens is 5. The van der Waals surface area contributed by atoms with E-state index >= 15 is 0 Å². The van der Waals surface area contributed by atoms with Crippen molar-refractivity contribution in [1.29, 1.82) is 0 Å². The molecular weight excluding hydrogens is 322 g/mol. The second-order valence-electron chi connectivity index (χ2n) is 4.79. The SMILES string of the molecule is CS(=O)(=O)Nc1cnn(CC(=O)Nc2nc3ccccc3[nH]2)n1. The standard InChI is InChI=1S/C12H13N7O3S/c1-23(21,22)18-10-6-13-19(17-10)7-11(20)16-12-14-8-4-2-3-5-9(8)15-12/h2-6H,7H2,1H3,(H,17,18)(H2,14,15,16,20). The molecule has 0 aliphatic rings. The molecule has 0 bridgehead atoms. The van der Waals surface area contributed by atoms with Crippen molar-refractivity contribution >= 4 is 38.7 Å². The number of rotatable bonds is 5. The number of nitrogens with one attached hydrogen (secondary N) is 3. The monoisotopic (exact) mass is 335 g/mol. The topological polar surface area (TPSA) is 135 Å². The van der Waals surface area contributed by atoms with E-state index in [9.17, 15) is 13.2 Å². The van der Waals surface area contributed by atoms with Gasteiger partial charge < -0.3 is 4.98 Å². The van der Waals surface area contributed by atoms with Crippen molar-refractivity contribution in [3.63, 3.8) is 0 Å². The molecule has 0 radical (unpaired) electrons. The highest BCUT2D eigenvalue weighted by molar-refractivity contribution is 7.92. The Morgan fingerprint density at radius 2 is 2.13 bits per heavy atom. The zero-order valence-corrected chi connectivity index (χ0v) is 12.8. The van der Waals surface area contributed by atoms with Crippen molar-refractivity contribution < 1.29 is 13.2 Å². The second-order valence-corrected chi connectivity index (χ2v) is 6.53. The normalized spacial score (nSPS) is 11.5. The molecule has 0 saturated heterocycles. The van der Waals surface area contributed by atoms with Crippen molar-refractivity contribution in [1.82, 2.24) is 25.0 Å². The number of hydrogen-bond donors (Lipinski definition) is 3. The minimum Gasteiger partial charge on any atom is -0.324 e. The van der Waals surface area contributed by atoms with E-state index in [1.807, 2.05) is 24.3 Å². The summed E-state index contributed by atoms with van der Waals surface area (Å²) in [5.41, 5.74) is 1.54. The number of fused-ring (bicyclic) bond motifs is 1. The smallest absolute Gasteiger partial charge is 0.250 e. The molecule has 0 fully saturated rings. The predicted molar refractivity (Wildman–Crippen MR) is 83.2 cm³/mol. The maximum Gasteiger partial charge on any atom is 0.250 e. The van der Waals surface area contributed by atoms with Crippen LogP contribution in [-0.4, -0.2) is 45.5 Å². The lowest BCUT2D eigenvalue weighted by atomic mass is 10.3. The van der Waals surface area contributed by atoms with Crippen LogP contribution in [0.25, 0.3) is 11.0 Å². The molecule has 0 aliphatic heterocycles. The number of carbonyl (C=O) groups is 1. The highest BCUT2D eigenvalue weighted by Crippen LogP contribution is 2.13. The molecule has 0 spiro atoms. The van der Waals surface area contributed by atoms with E-state index < -0.39 is 15.9 Å². The van der Waals surface area contributed by atoms with Gasteiger partial charge in [0.2, 0.25) is 21.9 Å². The average molecular weight is 335 g/mol. The van der Waals surface area contributed by atoms with Crippen LogP contribution >= 0.6 is 0 Å². The van der Waals surface area contributed by atoms with Gasteiger partial charge >= 0.3 is 0 Å². The van der Waals surface area contributed by atoms with E-state index in [1.165, 1.54) is 6.20 Å². The Hall–Kier alpha value is -2.95. The maximum absolute atomic E-state index is 11.9. The third-order valence-electron chi connectivity index (χ3n) is 2.76. The number of carbonyl (C=O) groups excluding carboxylic acids is 1. The minimum atomic E-state index is -3.44. The van der Waals surface area contributed by atoms with Crippen molar-refractivity contribution in [2.75, 3.05) is 16.3 Å². The van der Waals surface area contributed by atoms with Crippen LogP contribution in [0.5, 0.6) is 0 Å². The van der Waals surface area contributed by atoms with Gasteiger partial charge in [-0.15, -0.1) is 5.10 Å². The number of hydrogen-bond acceptors (Lipinski definition) is 6. The fraction of sp³-hybridized carbons (Fsp3) is 0.167. The van der Waals surface area contributed by atoms with Crippen molar-refractivity contribution in [3.8, 4) is 0 Å². The number of sulfonamides is 1. The van der Waals surface area contributed by atoms with Crippen LogP contribution < -0.4 is 10.0 Å². The lowest BCUT2D eigenvalue weighted by Gasteiger charge is -2.01. The Bertz CT molecular complexity index is 927. The van der Waals surface area contributed by atoms with Crippen LogP contribution in [0.2, 0.25) is 0 Å². The number of benzene rings is 1. The molecule has 120 valence electrons. The lowest BCUT2D eigenvalue weighted by Crippen LogP contribution is -2.21. The summed E-state index contributed by atoms with van der Waals surface area (Å²) in [7, 11) is -3.44. The van der Waals surface area contributed by atoms with E-state index in [2.05, 4.69) is 30.2 Å². The van der Waals surface area contributed by atoms with Crippen molar-refractivity contribution in [2.45, 2.75) is 6.54 Å². The van der Waals surface area contributed by atoms with E-state index in [0.29, 0.717) is 5.95 Å². The van der Waals surface area contributed by atoms with Crippen molar-refractivity contribution in [3.05, 3.63) is 30.5 Å². The Kier molecular flexibility index (Phi) is 3.70. The van der Waals surface area contributed by atoms with Gasteiger partial charge in [0, 0.05) is 0 Å². The minimum absolute atomic E-state index is 0.0454. The summed E-state index contributed by atoms with van der Waals surface area (Å²) >= 11 is 0. The summed E-state index contributed by atoms with van der Waals surface area (Å²) in [4.78, 5) is 20.2. The van der Waals surface area contributed by atoms with E-state index in [4.69, 9.17) is 0 Å². The number of para-hydroxylation sites is 2. The van der Waals surface area contributed by atoms with Gasteiger partial charge in [0.05, 0.1) is 23.5 Å². The quantitative estimate of drug-likeness (QED) is 0.608. The highest BCUT2D eigenvalue weighted by atomic mass is 32.2. The van der Waals surface area contributed by atoms with Gasteiger partial charge in [0.1, 0.15) is 6.54 Å². The molecule has 1 aromatic carbocycles. The Morgan fingerprint density at radius 1 is 1.35 bits per heavy atom. The maximum atomic E-state index is 11.9. The molecule has 0 atom stereocenters. The third-order valence-corrected chi connectivity index (χ3v) is 3.34. The predicted octanol–water partition coefficient (Wildman–Crippen LogP) is 0.165. The molecule has 2 aromatic heterocycles. The Labute approximate surface area is 131 Å². The first-order valence-electron chi connectivity index (χ1n) is 6.51. The fourth-order valence-electron chi connectivity index (χ4n) is 1.92. The van der Waals surface area contributed by atoms with Crippen molar-refractivity contribution in [2.24, 2.45) is 0 Å². The number of imidazole rings is 1. The summed E-state index contributed by atoms with van der Waals surface area (Å²) in [6.45, 7) is -0.178. The van der Waals surface area contributed by atoms with Crippen LogP contribution in [0.1, 0.15) is 0 Å². The molecule has 0 unspecified atom stereocenters. The summed E-state index contributed by atoms with van der Waals surface area (Å²) < 4.78 is 24.3. The van der Waals surface area contributed by atoms with Crippen LogP contribution in [-0.2, 0) is 21.4 Å². The zero-order valence-electron chi connectivity index (χ0n) is 12.0. The molecule has 3 N–H and O–H groups in total. The molecule has 11 heteroatoms. The van der Waals surface area contributed by atoms with E-state index in [1.54, 1.807) is 0 Å². The van der Waals surface area contributed by atoms with Gasteiger partial charge in [0.15, 0.2) is 5.82 Å². The summed E-state index contributed by atoms with van der Waals surface area (Å²) in [6.07, 6.45) is 2.22. The number of nitrogens with zero attached hydrogens (tertiary/aromatic N) is 4. The van der Waals surface area contributed by atoms with Gasteiger partial charge in [-0.25, -0.2) is 13.4 Å². The Morgan fingerprint density at radius 3 is 2.87 bits per heavy atom. The summed E-state index contributed by atoms with van der Waals surface area (Å²) in [5.74, 6) is -0.0348.